The number of carbonyl (C=O) groups is 2. The van der Waals surface area contributed by atoms with Gasteiger partial charge in [-0.2, -0.15) is 0 Å². The highest BCUT2D eigenvalue weighted by Gasteiger charge is 2.25. The highest BCUT2D eigenvalue weighted by Crippen LogP contribution is 2.32. The predicted molar refractivity (Wildman–Crippen MR) is 148 cm³/mol. The quantitative estimate of drug-likeness (QED) is 0.308. The summed E-state index contributed by atoms with van der Waals surface area (Å²) in [6.45, 7) is 2.05. The number of thiocarbonyl (C=S) groups is 1. The van der Waals surface area contributed by atoms with Gasteiger partial charge in [0.1, 0.15) is 5.69 Å². The first kappa shape index (κ1) is 26.1. The van der Waals surface area contributed by atoms with Crippen LogP contribution >= 0.6 is 35.2 Å². The van der Waals surface area contributed by atoms with E-state index in [0.29, 0.717) is 22.4 Å². The second-order valence-electron chi connectivity index (χ2n) is 8.40. The van der Waals surface area contributed by atoms with Crippen LogP contribution in [0.3, 0.4) is 0 Å². The molecule has 0 spiro atoms. The fourth-order valence-electron chi connectivity index (χ4n) is 4.05. The topological polar surface area (TPSA) is 83.6 Å². The number of hydrogen-bond donors (Lipinski definition) is 2. The number of amides is 1. The number of methoxy groups -OCH3 is 1. The number of hydrogen-bond acceptors (Lipinski definition) is 6. The standard InChI is InChI=1S/C26H27ClN4O3S2/c1-34-23(32)10-13-28-26(35)31-14-11-18(12-15-31)25-30-22(16-36-25)24(33)29-21-5-3-2-4-20(21)17-6-8-19(27)9-7-17/h2-9,16,18H,10-15H2,1H3,(H,28,35)(H,29,33). The lowest BCUT2D eigenvalue weighted by Gasteiger charge is -2.33. The Morgan fingerprint density at radius 2 is 1.89 bits per heavy atom. The van der Waals surface area contributed by atoms with E-state index in [9.17, 15) is 9.59 Å². The number of anilines is 1. The lowest BCUT2D eigenvalue weighted by molar-refractivity contribution is -0.140. The van der Waals surface area contributed by atoms with Gasteiger partial charge >= 0.3 is 5.97 Å². The molecule has 2 aromatic carbocycles. The number of para-hydroxylation sites is 1. The Bertz CT molecular complexity index is 1220. The van der Waals surface area contributed by atoms with Crippen LogP contribution in [-0.4, -0.2) is 53.6 Å². The second-order valence-corrected chi connectivity index (χ2v) is 10.1. The summed E-state index contributed by atoms with van der Waals surface area (Å²) in [4.78, 5) is 31.0. The average Bonchev–Trinajstić information content (AvgIpc) is 3.40. The maximum atomic E-state index is 13.0. The summed E-state index contributed by atoms with van der Waals surface area (Å²) in [6, 6.07) is 15.2. The maximum absolute atomic E-state index is 13.0. The molecule has 0 bridgehead atoms. The maximum Gasteiger partial charge on any atom is 0.307 e. The minimum absolute atomic E-state index is 0.229. The molecule has 2 heterocycles. The van der Waals surface area contributed by atoms with Crippen LogP contribution in [0.2, 0.25) is 5.02 Å². The van der Waals surface area contributed by atoms with E-state index in [1.54, 1.807) is 0 Å². The van der Waals surface area contributed by atoms with E-state index in [1.165, 1.54) is 18.4 Å². The zero-order chi connectivity index (χ0) is 25.5. The number of aromatic nitrogens is 1. The number of rotatable bonds is 7. The van der Waals surface area contributed by atoms with Gasteiger partial charge < -0.3 is 20.3 Å². The van der Waals surface area contributed by atoms with Gasteiger partial charge in [0.25, 0.3) is 5.91 Å². The fourth-order valence-corrected chi connectivity index (χ4v) is 5.44. The summed E-state index contributed by atoms with van der Waals surface area (Å²) in [7, 11) is 1.37. The number of halogens is 1. The van der Waals surface area contributed by atoms with E-state index in [4.69, 9.17) is 23.8 Å². The molecule has 1 saturated heterocycles. The van der Waals surface area contributed by atoms with E-state index in [0.717, 1.165) is 47.8 Å². The molecule has 0 aliphatic carbocycles. The van der Waals surface area contributed by atoms with Gasteiger partial charge in [-0.25, -0.2) is 4.98 Å². The van der Waals surface area contributed by atoms with Crippen molar-refractivity contribution in [2.45, 2.75) is 25.2 Å². The molecule has 2 N–H and O–H groups in total. The van der Waals surface area contributed by atoms with Gasteiger partial charge in [0.05, 0.1) is 18.5 Å². The van der Waals surface area contributed by atoms with Crippen molar-refractivity contribution in [2.24, 2.45) is 0 Å². The van der Waals surface area contributed by atoms with Crippen LogP contribution in [0.4, 0.5) is 5.69 Å². The third-order valence-electron chi connectivity index (χ3n) is 6.05. The highest BCUT2D eigenvalue weighted by atomic mass is 35.5. The van der Waals surface area contributed by atoms with Gasteiger partial charge in [0, 0.05) is 47.2 Å². The summed E-state index contributed by atoms with van der Waals surface area (Å²) >= 11 is 13.0. The third-order valence-corrected chi connectivity index (χ3v) is 7.71. The van der Waals surface area contributed by atoms with Crippen molar-refractivity contribution < 1.29 is 14.3 Å². The van der Waals surface area contributed by atoms with Crippen LogP contribution in [0.1, 0.15) is 40.7 Å². The number of nitrogens with one attached hydrogen (secondary N) is 2. The summed E-state index contributed by atoms with van der Waals surface area (Å²) < 4.78 is 4.65. The predicted octanol–water partition coefficient (Wildman–Crippen LogP) is 5.33. The minimum Gasteiger partial charge on any atom is -0.469 e. The Hall–Kier alpha value is -3.01. The number of likely N-dealkylation sites (tertiary alicyclic amines) is 1. The Balaban J connectivity index is 1.33. The Morgan fingerprint density at radius 3 is 2.61 bits per heavy atom. The zero-order valence-corrected chi connectivity index (χ0v) is 22.2. The van der Waals surface area contributed by atoms with Crippen LogP contribution in [0.15, 0.2) is 53.9 Å². The van der Waals surface area contributed by atoms with Crippen molar-refractivity contribution in [2.75, 3.05) is 32.1 Å². The SMILES string of the molecule is COC(=O)CCNC(=S)N1CCC(c2nc(C(=O)Nc3ccccc3-c3ccc(Cl)cc3)cs2)CC1. The molecule has 0 radical (unpaired) electrons. The van der Waals surface area contributed by atoms with Crippen LogP contribution in [0.25, 0.3) is 11.1 Å². The summed E-state index contributed by atoms with van der Waals surface area (Å²) in [6.07, 6.45) is 2.07. The van der Waals surface area contributed by atoms with E-state index in [-0.39, 0.29) is 24.2 Å². The Morgan fingerprint density at radius 1 is 1.17 bits per heavy atom. The number of carbonyl (C=O) groups excluding carboxylic acids is 2. The molecule has 0 unspecified atom stereocenters. The molecule has 1 aliphatic rings. The van der Waals surface area contributed by atoms with E-state index < -0.39 is 0 Å². The number of thiazole rings is 1. The number of nitrogens with zero attached hydrogens (tertiary/aromatic N) is 2. The van der Waals surface area contributed by atoms with E-state index in [1.807, 2.05) is 53.9 Å². The Labute approximate surface area is 224 Å². The molecule has 188 valence electrons. The van der Waals surface area contributed by atoms with Crippen molar-refractivity contribution in [3.8, 4) is 11.1 Å². The van der Waals surface area contributed by atoms with E-state index in [2.05, 4.69) is 25.3 Å². The van der Waals surface area contributed by atoms with Gasteiger partial charge in [-0.15, -0.1) is 11.3 Å². The Kier molecular flexibility index (Phi) is 8.90. The fraction of sp³-hybridized carbons (Fsp3) is 0.308. The summed E-state index contributed by atoms with van der Waals surface area (Å²) in [5.41, 5.74) is 3.03. The monoisotopic (exact) mass is 542 g/mol. The smallest absolute Gasteiger partial charge is 0.307 e. The van der Waals surface area contributed by atoms with Crippen LogP contribution in [0.5, 0.6) is 0 Å². The molecule has 1 amide bonds. The van der Waals surface area contributed by atoms with Crippen molar-refractivity contribution >= 4 is 57.8 Å². The van der Waals surface area contributed by atoms with E-state index >= 15 is 0 Å². The lowest BCUT2D eigenvalue weighted by atomic mass is 9.98. The number of esters is 1. The first-order chi connectivity index (χ1) is 17.4. The van der Waals surface area contributed by atoms with Crippen molar-refractivity contribution in [3.05, 3.63) is 69.6 Å². The second kappa shape index (κ2) is 12.3. The first-order valence-electron chi connectivity index (χ1n) is 11.7. The van der Waals surface area contributed by atoms with Crippen molar-refractivity contribution in [1.82, 2.24) is 15.2 Å². The molecule has 1 fully saturated rings. The molecular formula is C26H27ClN4O3S2. The van der Waals surface area contributed by atoms with Crippen molar-refractivity contribution in [1.29, 1.82) is 0 Å². The summed E-state index contributed by atoms with van der Waals surface area (Å²) in [5, 5.41) is 10.2. The molecule has 36 heavy (non-hydrogen) atoms. The molecule has 3 aromatic rings. The lowest BCUT2D eigenvalue weighted by Crippen LogP contribution is -2.44. The molecule has 0 saturated carbocycles. The molecular weight excluding hydrogens is 516 g/mol. The first-order valence-corrected chi connectivity index (χ1v) is 13.3. The normalized spacial score (nSPS) is 13.8. The van der Waals surface area contributed by atoms with Gasteiger partial charge in [-0.3, -0.25) is 9.59 Å². The van der Waals surface area contributed by atoms with Crippen molar-refractivity contribution in [3.63, 3.8) is 0 Å². The molecule has 0 atom stereocenters. The van der Waals surface area contributed by atoms with Gasteiger partial charge in [-0.1, -0.05) is 41.9 Å². The van der Waals surface area contributed by atoms with Crippen LogP contribution in [-0.2, 0) is 9.53 Å². The van der Waals surface area contributed by atoms with Crippen LogP contribution < -0.4 is 10.6 Å². The molecule has 4 rings (SSSR count). The van der Waals surface area contributed by atoms with Gasteiger partial charge in [0.2, 0.25) is 0 Å². The highest BCUT2D eigenvalue weighted by molar-refractivity contribution is 7.80. The average molecular weight is 543 g/mol. The molecule has 1 aliphatic heterocycles. The number of ether oxygens (including phenoxy) is 1. The minimum atomic E-state index is -0.263. The van der Waals surface area contributed by atoms with Gasteiger partial charge in [0.15, 0.2) is 5.11 Å². The zero-order valence-electron chi connectivity index (χ0n) is 19.8. The number of piperidine rings is 1. The van der Waals surface area contributed by atoms with Crippen LogP contribution in [0, 0.1) is 0 Å². The summed E-state index contributed by atoms with van der Waals surface area (Å²) in [5.74, 6) is -0.208. The molecule has 7 nitrogen and oxygen atoms in total. The number of benzene rings is 2. The van der Waals surface area contributed by atoms with Gasteiger partial charge in [-0.05, 0) is 48.8 Å². The molecule has 1 aromatic heterocycles. The largest absolute Gasteiger partial charge is 0.469 e. The molecule has 10 heteroatoms. The third kappa shape index (κ3) is 6.60.